The molecule has 4 amide bonds. The molecule has 6 rings (SSSR count). The van der Waals surface area contributed by atoms with E-state index in [-0.39, 0.29) is 48.4 Å². The van der Waals surface area contributed by atoms with Crippen LogP contribution in [0.25, 0.3) is 6.08 Å². The predicted octanol–water partition coefficient (Wildman–Crippen LogP) is 4.67. The second kappa shape index (κ2) is 9.95. The van der Waals surface area contributed by atoms with Crippen LogP contribution in [0.4, 0.5) is 10.1 Å². The molecule has 6 atom stereocenters. The Balaban J connectivity index is 1.51. The largest absolute Gasteiger partial charge is 0.504 e. The lowest BCUT2D eigenvalue weighted by atomic mass is 9.57. The Hall–Kier alpha value is -3.69. The summed E-state index contributed by atoms with van der Waals surface area (Å²) >= 11 is 14.5. The third-order valence-corrected chi connectivity index (χ3v) is 10.5. The molecule has 2 saturated heterocycles. The lowest BCUT2D eigenvalue weighted by Gasteiger charge is -2.49. The first-order valence-electron chi connectivity index (χ1n) is 13.6. The minimum atomic E-state index is -2.00. The number of carbonyl (C=O) groups is 4. The van der Waals surface area contributed by atoms with E-state index in [9.17, 15) is 28.7 Å². The van der Waals surface area contributed by atoms with E-state index in [2.05, 4.69) is 0 Å². The first kappa shape index (κ1) is 28.4. The summed E-state index contributed by atoms with van der Waals surface area (Å²) in [5, 5.41) is 10.0. The normalized spacial score (nSPS) is 32.3. The number of phenolic OH excluding ortho intramolecular Hbond substituents is 1. The number of likely N-dealkylation sites (tertiary alicyclic amines) is 1. The molecule has 1 saturated carbocycles. The molecule has 2 heterocycles. The highest BCUT2D eigenvalue weighted by molar-refractivity contribution is 6.57. The number of halogens is 3. The fourth-order valence-electron chi connectivity index (χ4n) is 7.03. The Morgan fingerprint density at radius 1 is 1.05 bits per heavy atom. The molecule has 0 spiro atoms. The predicted molar refractivity (Wildman–Crippen MR) is 153 cm³/mol. The summed E-state index contributed by atoms with van der Waals surface area (Å²) in [6.45, 7) is 1.95. The number of hydrogen-bond donors (Lipinski definition) is 1. The fraction of sp³-hybridized carbons (Fsp3) is 0.355. The van der Waals surface area contributed by atoms with Crippen LogP contribution in [0.2, 0.25) is 0 Å². The molecular weight excluding hydrogens is 586 g/mol. The van der Waals surface area contributed by atoms with Crippen LogP contribution in [0.3, 0.4) is 0 Å². The van der Waals surface area contributed by atoms with Gasteiger partial charge < -0.3 is 9.84 Å². The molecule has 0 aromatic heterocycles. The molecule has 2 aliphatic carbocycles. The molecule has 6 unspecified atom stereocenters. The lowest BCUT2D eigenvalue weighted by Crippen LogP contribution is -2.60. The molecule has 218 valence electrons. The maximum atomic E-state index is 14.2. The number of phenols is 1. The van der Waals surface area contributed by atoms with Gasteiger partial charge in [-0.2, -0.15) is 0 Å². The molecule has 11 heteroatoms. The molecule has 2 aliphatic heterocycles. The Labute approximate surface area is 251 Å². The van der Waals surface area contributed by atoms with Gasteiger partial charge in [0.25, 0.3) is 11.8 Å². The van der Waals surface area contributed by atoms with Crippen LogP contribution in [-0.4, -0.2) is 57.0 Å². The topological polar surface area (TPSA) is 104 Å². The third kappa shape index (κ3) is 3.79. The van der Waals surface area contributed by atoms with Crippen LogP contribution in [0.15, 0.2) is 60.2 Å². The second-order valence-corrected chi connectivity index (χ2v) is 12.2. The highest BCUT2D eigenvalue weighted by Crippen LogP contribution is 2.63. The number of benzene rings is 2. The molecule has 4 aliphatic rings. The van der Waals surface area contributed by atoms with Crippen LogP contribution in [0, 0.1) is 29.5 Å². The number of imide groups is 2. The van der Waals surface area contributed by atoms with E-state index in [0.29, 0.717) is 11.1 Å². The Morgan fingerprint density at radius 2 is 1.76 bits per heavy atom. The number of anilines is 1. The lowest BCUT2D eigenvalue weighted by molar-refractivity contribution is -0.140. The number of aromatic hydroxyl groups is 1. The van der Waals surface area contributed by atoms with Crippen molar-refractivity contribution in [3.63, 3.8) is 0 Å². The highest BCUT2D eigenvalue weighted by atomic mass is 35.5. The third-order valence-electron chi connectivity index (χ3n) is 9.04. The first-order valence-corrected chi connectivity index (χ1v) is 14.4. The van der Waals surface area contributed by atoms with Gasteiger partial charge in [-0.15, -0.1) is 23.2 Å². The van der Waals surface area contributed by atoms with Crippen molar-refractivity contribution in [1.82, 2.24) is 4.90 Å². The van der Waals surface area contributed by atoms with E-state index in [1.54, 1.807) is 31.2 Å². The van der Waals surface area contributed by atoms with Crippen molar-refractivity contribution in [2.75, 3.05) is 18.6 Å². The molecule has 2 aromatic carbocycles. The van der Waals surface area contributed by atoms with E-state index in [1.807, 2.05) is 6.08 Å². The summed E-state index contributed by atoms with van der Waals surface area (Å²) < 4.78 is 18.9. The quantitative estimate of drug-likeness (QED) is 0.299. The van der Waals surface area contributed by atoms with E-state index >= 15 is 0 Å². The van der Waals surface area contributed by atoms with Crippen molar-refractivity contribution in [3.8, 4) is 11.5 Å². The first-order chi connectivity index (χ1) is 20.0. The van der Waals surface area contributed by atoms with Crippen molar-refractivity contribution >= 4 is 58.6 Å². The van der Waals surface area contributed by atoms with Gasteiger partial charge in [0.05, 0.1) is 24.6 Å². The van der Waals surface area contributed by atoms with E-state index < -0.39 is 51.1 Å². The van der Waals surface area contributed by atoms with Gasteiger partial charge in [-0.05, 0) is 67.6 Å². The molecule has 0 bridgehead atoms. The fourth-order valence-corrected chi connectivity index (χ4v) is 7.92. The van der Waals surface area contributed by atoms with Crippen molar-refractivity contribution in [2.45, 2.75) is 29.5 Å². The number of allylic oxidation sites excluding steroid dienone is 3. The van der Waals surface area contributed by atoms with Crippen molar-refractivity contribution in [2.24, 2.45) is 23.7 Å². The SMILES string of the molecule is CCN1C(=O)C2CC=C3C(CC4(Cl)C(=O)N(c5ccc(F)cc5)C(=O)C4(Cl)C3C=Cc3ccc(O)c(OC)c3)C2C1=O. The Morgan fingerprint density at radius 3 is 2.43 bits per heavy atom. The summed E-state index contributed by atoms with van der Waals surface area (Å²) in [7, 11) is 1.42. The number of alkyl halides is 2. The molecular formula is C31H27Cl2FN2O6. The number of rotatable bonds is 5. The maximum absolute atomic E-state index is 14.2. The van der Waals surface area contributed by atoms with Gasteiger partial charge in [-0.25, -0.2) is 9.29 Å². The van der Waals surface area contributed by atoms with Crippen molar-refractivity contribution in [1.29, 1.82) is 0 Å². The van der Waals surface area contributed by atoms with Crippen molar-refractivity contribution < 1.29 is 33.4 Å². The van der Waals surface area contributed by atoms with Crippen molar-refractivity contribution in [3.05, 3.63) is 71.6 Å². The number of carbonyl (C=O) groups excluding carboxylic acids is 4. The van der Waals surface area contributed by atoms with Gasteiger partial charge in [0.15, 0.2) is 21.2 Å². The van der Waals surface area contributed by atoms with Crippen LogP contribution in [0.1, 0.15) is 25.3 Å². The van der Waals surface area contributed by atoms with Gasteiger partial charge in [-0.3, -0.25) is 24.1 Å². The molecule has 1 N–H and O–H groups in total. The van der Waals surface area contributed by atoms with Crippen LogP contribution in [-0.2, 0) is 19.2 Å². The summed E-state index contributed by atoms with van der Waals surface area (Å²) in [6.07, 6.45) is 5.35. The van der Waals surface area contributed by atoms with E-state index in [4.69, 9.17) is 27.9 Å². The Kier molecular flexibility index (Phi) is 6.74. The van der Waals surface area contributed by atoms with Gasteiger partial charge >= 0.3 is 0 Å². The number of amides is 4. The van der Waals surface area contributed by atoms with Crippen LogP contribution in [0.5, 0.6) is 11.5 Å². The minimum Gasteiger partial charge on any atom is -0.504 e. The summed E-state index contributed by atoms with van der Waals surface area (Å²) in [4.78, 5) is 53.0. The van der Waals surface area contributed by atoms with E-state index in [0.717, 1.165) is 17.0 Å². The summed E-state index contributed by atoms with van der Waals surface area (Å²) in [5.74, 6) is -5.43. The molecule has 0 radical (unpaired) electrons. The molecule has 2 aromatic rings. The second-order valence-electron chi connectivity index (χ2n) is 11.0. The number of nitrogens with zero attached hydrogens (tertiary/aromatic N) is 2. The standard InChI is InChI=1S/C31H27Cl2FN2O6/c1-3-35-26(38)20-11-10-19-21(25(20)27(35)39)15-30(32)28(40)36(18-8-6-17(34)7-9-18)29(41)31(30,33)22(19)12-4-16-5-13-23(37)24(14-16)42-2/h4-10,12-14,20-22,25,37H,3,11,15H2,1-2H3. The Bertz CT molecular complexity index is 1590. The monoisotopic (exact) mass is 612 g/mol. The zero-order valence-corrected chi connectivity index (χ0v) is 24.2. The number of ether oxygens (including phenoxy) is 1. The smallest absolute Gasteiger partial charge is 0.258 e. The number of fused-ring (bicyclic) bond motifs is 4. The summed E-state index contributed by atoms with van der Waals surface area (Å²) in [5.41, 5.74) is 1.38. The average Bonchev–Trinajstić information content (AvgIpc) is 3.31. The zero-order valence-electron chi connectivity index (χ0n) is 22.7. The molecule has 3 fully saturated rings. The van der Waals surface area contributed by atoms with E-state index in [1.165, 1.54) is 30.2 Å². The average molecular weight is 613 g/mol. The van der Waals surface area contributed by atoms with Gasteiger partial charge in [0.2, 0.25) is 11.8 Å². The van der Waals surface area contributed by atoms with Gasteiger partial charge in [0, 0.05) is 12.5 Å². The summed E-state index contributed by atoms with van der Waals surface area (Å²) in [6, 6.07) is 9.55. The van der Waals surface area contributed by atoms with Gasteiger partial charge in [-0.1, -0.05) is 29.9 Å². The minimum absolute atomic E-state index is 0.0570. The number of hydrogen-bond acceptors (Lipinski definition) is 6. The molecule has 8 nitrogen and oxygen atoms in total. The molecule has 42 heavy (non-hydrogen) atoms. The van der Waals surface area contributed by atoms with Gasteiger partial charge in [0.1, 0.15) is 5.82 Å². The number of methoxy groups -OCH3 is 1. The maximum Gasteiger partial charge on any atom is 0.258 e. The highest BCUT2D eigenvalue weighted by Gasteiger charge is 2.76. The van der Waals surface area contributed by atoms with Crippen LogP contribution < -0.4 is 9.64 Å². The zero-order chi connectivity index (χ0) is 30.1. The van der Waals surface area contributed by atoms with Crippen LogP contribution >= 0.6 is 23.2 Å².